The molecule has 3 aliphatic rings. The molecule has 2 saturated carbocycles. The third kappa shape index (κ3) is 6.05. The second-order valence-corrected chi connectivity index (χ2v) is 14.7. The fourth-order valence-corrected chi connectivity index (χ4v) is 7.85. The van der Waals surface area contributed by atoms with Gasteiger partial charge in [-0.3, -0.25) is 4.79 Å². The SMILES string of the molecule is CN=S1(=O)CCN(c2ccc(-c3cn(-c4ccc(F)cn4)nc3[C@@H]3CC(F)(F)CC[C@H]3C(=O)CC3(C#N)CC3)cc2)CC1. The third-order valence-electron chi connectivity index (χ3n) is 9.12. The highest BCUT2D eigenvalue weighted by atomic mass is 32.2. The van der Waals surface area contributed by atoms with Crippen LogP contribution < -0.4 is 4.90 Å². The maximum absolute atomic E-state index is 15.0. The van der Waals surface area contributed by atoms with E-state index < -0.39 is 51.6 Å². The number of aromatic nitrogens is 3. The first kappa shape index (κ1) is 29.4. The van der Waals surface area contributed by atoms with Crippen LogP contribution in [0.3, 0.4) is 0 Å². The molecule has 3 heterocycles. The number of nitriles is 1. The standard InChI is InChI=1S/C31H33F3N6O2S/c1-36-43(42)14-12-39(13-15-43)23-5-2-21(3-6-23)26-19-40(28-7-4-22(32)18-37-28)38-29(26)25-16-31(33,34)9-8-24(25)27(41)17-30(20-35)10-11-30/h2-7,18-19,24-25H,8-17H2,1H3/t24-,25-/m1/s1. The van der Waals surface area contributed by atoms with Crippen molar-refractivity contribution in [2.75, 3.05) is 36.5 Å². The number of hydrogen-bond donors (Lipinski definition) is 0. The lowest BCUT2D eigenvalue weighted by Crippen LogP contribution is -2.40. The van der Waals surface area contributed by atoms with Crippen LogP contribution in [-0.4, -0.2) is 62.3 Å². The molecule has 2 aliphatic carbocycles. The summed E-state index contributed by atoms with van der Waals surface area (Å²) in [5.41, 5.74) is 1.95. The Morgan fingerprint density at radius 2 is 1.86 bits per heavy atom. The monoisotopic (exact) mass is 610 g/mol. The average molecular weight is 611 g/mol. The van der Waals surface area contributed by atoms with Crippen molar-refractivity contribution in [1.29, 1.82) is 5.26 Å². The molecule has 2 atom stereocenters. The highest BCUT2D eigenvalue weighted by Crippen LogP contribution is 2.52. The number of rotatable bonds is 7. The van der Waals surface area contributed by atoms with Crippen LogP contribution in [0.25, 0.3) is 16.9 Å². The molecular formula is C31H33F3N6O2S. The molecule has 43 heavy (non-hydrogen) atoms. The first-order valence-corrected chi connectivity index (χ1v) is 16.4. The lowest BCUT2D eigenvalue weighted by atomic mass is 9.71. The molecule has 1 aromatic carbocycles. The van der Waals surface area contributed by atoms with E-state index in [0.29, 0.717) is 54.5 Å². The minimum atomic E-state index is -2.97. The molecule has 3 aromatic rings. The van der Waals surface area contributed by atoms with Crippen molar-refractivity contribution in [3.63, 3.8) is 0 Å². The first-order valence-electron chi connectivity index (χ1n) is 14.5. The van der Waals surface area contributed by atoms with Crippen molar-refractivity contribution >= 4 is 21.2 Å². The van der Waals surface area contributed by atoms with Gasteiger partial charge in [-0.25, -0.2) is 31.4 Å². The second-order valence-electron chi connectivity index (χ2n) is 12.0. The second kappa shape index (κ2) is 11.1. The van der Waals surface area contributed by atoms with E-state index in [0.717, 1.165) is 17.4 Å². The number of nitrogens with zero attached hydrogens (tertiary/aromatic N) is 6. The lowest BCUT2D eigenvalue weighted by molar-refractivity contribution is -0.129. The van der Waals surface area contributed by atoms with E-state index in [1.54, 1.807) is 13.2 Å². The van der Waals surface area contributed by atoms with Crippen molar-refractivity contribution in [1.82, 2.24) is 14.8 Å². The highest BCUT2D eigenvalue weighted by Gasteiger charge is 2.50. The van der Waals surface area contributed by atoms with Gasteiger partial charge < -0.3 is 4.90 Å². The smallest absolute Gasteiger partial charge is 0.248 e. The summed E-state index contributed by atoms with van der Waals surface area (Å²) in [6.45, 7) is 1.22. The van der Waals surface area contributed by atoms with E-state index in [9.17, 15) is 27.4 Å². The van der Waals surface area contributed by atoms with Crippen LogP contribution in [0.4, 0.5) is 18.9 Å². The van der Waals surface area contributed by atoms with Crippen molar-refractivity contribution in [2.24, 2.45) is 15.7 Å². The summed E-state index contributed by atoms with van der Waals surface area (Å²) >= 11 is 0. The highest BCUT2D eigenvalue weighted by molar-refractivity contribution is 7.93. The normalized spacial score (nSPS) is 23.7. The van der Waals surface area contributed by atoms with E-state index in [1.165, 1.54) is 16.8 Å². The Balaban J connectivity index is 1.37. The van der Waals surface area contributed by atoms with Gasteiger partial charge in [0.15, 0.2) is 5.82 Å². The molecule has 0 radical (unpaired) electrons. The summed E-state index contributed by atoms with van der Waals surface area (Å²) in [4.78, 5) is 19.8. The molecule has 0 amide bonds. The molecule has 0 spiro atoms. The van der Waals surface area contributed by atoms with Gasteiger partial charge in [-0.15, -0.1) is 0 Å². The van der Waals surface area contributed by atoms with E-state index >= 15 is 0 Å². The zero-order valence-electron chi connectivity index (χ0n) is 23.9. The van der Waals surface area contributed by atoms with Crippen LogP contribution in [0.2, 0.25) is 0 Å². The van der Waals surface area contributed by atoms with Crippen molar-refractivity contribution < 1.29 is 22.2 Å². The number of Topliss-reactive ketones (excluding diaryl/α,β-unsaturated/α-hetero) is 1. The topological polar surface area (TPSA) is 104 Å². The number of anilines is 1. The van der Waals surface area contributed by atoms with Crippen LogP contribution in [-0.2, 0) is 14.5 Å². The number of carbonyl (C=O) groups is 1. The maximum atomic E-state index is 15.0. The van der Waals surface area contributed by atoms with Gasteiger partial charge in [0.05, 0.1) is 23.4 Å². The summed E-state index contributed by atoms with van der Waals surface area (Å²) < 4.78 is 61.7. The molecular weight excluding hydrogens is 577 g/mol. The minimum absolute atomic E-state index is 0.0141. The molecule has 2 aromatic heterocycles. The summed E-state index contributed by atoms with van der Waals surface area (Å²) in [6, 6.07) is 12.6. The third-order valence-corrected chi connectivity index (χ3v) is 11.4. The van der Waals surface area contributed by atoms with Crippen molar-refractivity contribution in [2.45, 2.75) is 50.4 Å². The predicted octanol–water partition coefficient (Wildman–Crippen LogP) is 5.77. The zero-order chi connectivity index (χ0) is 30.4. The quantitative estimate of drug-likeness (QED) is 0.336. The Morgan fingerprint density at radius 3 is 2.47 bits per heavy atom. The molecule has 1 saturated heterocycles. The number of pyridine rings is 1. The molecule has 0 N–H and O–H groups in total. The van der Waals surface area contributed by atoms with Gasteiger partial charge in [-0.1, -0.05) is 12.1 Å². The Labute approximate surface area is 249 Å². The Bertz CT molecular complexity index is 1670. The summed E-state index contributed by atoms with van der Waals surface area (Å²) in [6.07, 6.45) is 3.20. The predicted molar refractivity (Wildman–Crippen MR) is 157 cm³/mol. The van der Waals surface area contributed by atoms with Gasteiger partial charge in [0.2, 0.25) is 5.92 Å². The number of alkyl halides is 2. The molecule has 0 bridgehead atoms. The number of hydrogen-bond acceptors (Lipinski definition) is 7. The summed E-state index contributed by atoms with van der Waals surface area (Å²) in [7, 11) is -0.563. The van der Waals surface area contributed by atoms with Gasteiger partial charge >= 0.3 is 0 Å². The Kier molecular flexibility index (Phi) is 7.57. The van der Waals surface area contributed by atoms with Crippen molar-refractivity contribution in [3.8, 4) is 23.0 Å². The first-order chi connectivity index (χ1) is 20.5. The van der Waals surface area contributed by atoms with E-state index in [4.69, 9.17) is 5.10 Å². The summed E-state index contributed by atoms with van der Waals surface area (Å²) in [5, 5.41) is 14.3. The van der Waals surface area contributed by atoms with Crippen LogP contribution in [0.15, 0.2) is 53.2 Å². The number of halogens is 3. The Hall–Kier alpha value is -3.72. The number of benzene rings is 1. The van der Waals surface area contributed by atoms with Crippen LogP contribution in [0.5, 0.6) is 0 Å². The molecule has 226 valence electrons. The van der Waals surface area contributed by atoms with Gasteiger partial charge in [0.25, 0.3) is 0 Å². The number of ketones is 1. The fraction of sp³-hybridized carbons (Fsp3) is 0.484. The largest absolute Gasteiger partial charge is 0.370 e. The van der Waals surface area contributed by atoms with Crippen LogP contribution in [0.1, 0.15) is 50.1 Å². The summed E-state index contributed by atoms with van der Waals surface area (Å²) in [5.74, 6) is -3.92. The number of carbonyl (C=O) groups excluding carboxylic acids is 1. The maximum Gasteiger partial charge on any atom is 0.248 e. The molecule has 12 heteroatoms. The molecule has 0 unspecified atom stereocenters. The minimum Gasteiger partial charge on any atom is -0.370 e. The van der Waals surface area contributed by atoms with Crippen LogP contribution in [0, 0.1) is 28.5 Å². The molecule has 1 aliphatic heterocycles. The lowest BCUT2D eigenvalue weighted by Gasteiger charge is -2.35. The zero-order valence-corrected chi connectivity index (χ0v) is 24.7. The van der Waals surface area contributed by atoms with Gasteiger partial charge in [-0.05, 0) is 49.1 Å². The molecule has 8 nitrogen and oxygen atoms in total. The fourth-order valence-electron chi connectivity index (χ4n) is 6.27. The van der Waals surface area contributed by atoms with Crippen molar-refractivity contribution in [3.05, 3.63) is 60.3 Å². The van der Waals surface area contributed by atoms with E-state index in [-0.39, 0.29) is 18.6 Å². The van der Waals surface area contributed by atoms with Gasteiger partial charge in [0, 0.05) is 89.9 Å². The average Bonchev–Trinajstić information content (AvgIpc) is 3.64. The van der Waals surface area contributed by atoms with E-state index in [1.807, 2.05) is 24.3 Å². The molecule has 6 rings (SSSR count). The van der Waals surface area contributed by atoms with Gasteiger partial charge in [-0.2, -0.15) is 10.4 Å². The van der Waals surface area contributed by atoms with Crippen LogP contribution >= 0.6 is 0 Å². The Morgan fingerprint density at radius 1 is 1.14 bits per heavy atom. The molecule has 3 fully saturated rings. The van der Waals surface area contributed by atoms with E-state index in [2.05, 4.69) is 20.3 Å². The van der Waals surface area contributed by atoms with Gasteiger partial charge in [0.1, 0.15) is 11.6 Å².